The van der Waals surface area contributed by atoms with E-state index in [4.69, 9.17) is 17.0 Å². The second-order valence-corrected chi connectivity index (χ2v) is 6.33. The largest absolute Gasteiger partial charge is 0.465 e. The maximum Gasteiger partial charge on any atom is 0.337 e. The minimum atomic E-state index is -0.516. The molecule has 0 aliphatic carbocycles. The van der Waals surface area contributed by atoms with Gasteiger partial charge in [0.1, 0.15) is 11.5 Å². The third kappa shape index (κ3) is 5.63. The molecule has 146 valence electrons. The SMILES string of the molecule is COC(=O)c1cccc(C(=O)NC(=S)Nc2ccc(Oc3ccccc3)cc2)c1. The lowest BCUT2D eigenvalue weighted by Crippen LogP contribution is -2.34. The molecule has 0 unspecified atom stereocenters. The average Bonchev–Trinajstić information content (AvgIpc) is 2.75. The van der Waals surface area contributed by atoms with Crippen molar-refractivity contribution < 1.29 is 19.1 Å². The van der Waals surface area contributed by atoms with Crippen LogP contribution in [0.15, 0.2) is 78.9 Å². The maximum absolute atomic E-state index is 12.4. The lowest BCUT2D eigenvalue weighted by molar-refractivity contribution is 0.0600. The van der Waals surface area contributed by atoms with Crippen LogP contribution >= 0.6 is 12.2 Å². The summed E-state index contributed by atoms with van der Waals surface area (Å²) in [6.07, 6.45) is 0. The molecule has 0 radical (unpaired) electrons. The summed E-state index contributed by atoms with van der Waals surface area (Å²) < 4.78 is 10.4. The molecule has 3 rings (SSSR count). The first kappa shape index (κ1) is 20.0. The molecule has 0 fully saturated rings. The van der Waals surface area contributed by atoms with Crippen LogP contribution in [0.1, 0.15) is 20.7 Å². The Labute approximate surface area is 173 Å². The van der Waals surface area contributed by atoms with E-state index in [9.17, 15) is 9.59 Å². The van der Waals surface area contributed by atoms with Gasteiger partial charge in [-0.15, -0.1) is 0 Å². The van der Waals surface area contributed by atoms with Crippen LogP contribution in [0.5, 0.6) is 11.5 Å². The fraction of sp³-hybridized carbons (Fsp3) is 0.0455. The third-order valence-electron chi connectivity index (χ3n) is 3.86. The maximum atomic E-state index is 12.4. The highest BCUT2D eigenvalue weighted by molar-refractivity contribution is 7.80. The van der Waals surface area contributed by atoms with Crippen molar-refractivity contribution in [2.24, 2.45) is 0 Å². The van der Waals surface area contributed by atoms with Crippen molar-refractivity contribution in [1.29, 1.82) is 0 Å². The molecule has 0 aromatic heterocycles. The number of hydrogen-bond acceptors (Lipinski definition) is 5. The van der Waals surface area contributed by atoms with Gasteiger partial charge in [-0.2, -0.15) is 0 Å². The first-order valence-electron chi connectivity index (χ1n) is 8.69. The molecule has 0 saturated heterocycles. The molecule has 0 bridgehead atoms. The summed E-state index contributed by atoms with van der Waals surface area (Å²) in [7, 11) is 1.28. The van der Waals surface area contributed by atoms with Gasteiger partial charge in [0.05, 0.1) is 12.7 Å². The van der Waals surface area contributed by atoms with E-state index in [2.05, 4.69) is 15.4 Å². The molecule has 2 N–H and O–H groups in total. The van der Waals surface area contributed by atoms with Gasteiger partial charge in [-0.1, -0.05) is 24.3 Å². The molecule has 0 heterocycles. The van der Waals surface area contributed by atoms with Gasteiger partial charge in [0, 0.05) is 11.3 Å². The van der Waals surface area contributed by atoms with Gasteiger partial charge < -0.3 is 14.8 Å². The normalized spacial score (nSPS) is 9.97. The van der Waals surface area contributed by atoms with E-state index in [1.165, 1.54) is 13.2 Å². The predicted octanol–water partition coefficient (Wildman–Crippen LogP) is 4.39. The summed E-state index contributed by atoms with van der Waals surface area (Å²) >= 11 is 5.19. The number of amides is 1. The molecule has 3 aromatic rings. The molecule has 6 nitrogen and oxygen atoms in total. The van der Waals surface area contributed by atoms with Crippen LogP contribution in [0.4, 0.5) is 5.69 Å². The number of anilines is 1. The van der Waals surface area contributed by atoms with Crippen molar-refractivity contribution in [1.82, 2.24) is 5.32 Å². The summed E-state index contributed by atoms with van der Waals surface area (Å²) in [6, 6.07) is 22.8. The molecule has 29 heavy (non-hydrogen) atoms. The highest BCUT2D eigenvalue weighted by Crippen LogP contribution is 2.22. The van der Waals surface area contributed by atoms with Gasteiger partial charge in [-0.25, -0.2) is 4.79 Å². The van der Waals surface area contributed by atoms with Crippen molar-refractivity contribution in [3.8, 4) is 11.5 Å². The van der Waals surface area contributed by atoms with Crippen molar-refractivity contribution >= 4 is 34.9 Å². The summed E-state index contributed by atoms with van der Waals surface area (Å²) in [4.78, 5) is 23.9. The fourth-order valence-electron chi connectivity index (χ4n) is 2.47. The van der Waals surface area contributed by atoms with E-state index in [-0.39, 0.29) is 10.7 Å². The second-order valence-electron chi connectivity index (χ2n) is 5.92. The Morgan fingerprint density at radius 2 is 1.48 bits per heavy atom. The van der Waals surface area contributed by atoms with Gasteiger partial charge in [0.2, 0.25) is 0 Å². The number of nitrogens with one attached hydrogen (secondary N) is 2. The van der Waals surface area contributed by atoms with Crippen LogP contribution in [-0.2, 0) is 4.74 Å². The highest BCUT2D eigenvalue weighted by Gasteiger charge is 2.12. The quantitative estimate of drug-likeness (QED) is 0.483. The Morgan fingerprint density at radius 1 is 0.828 bits per heavy atom. The van der Waals surface area contributed by atoms with Crippen LogP contribution < -0.4 is 15.4 Å². The molecular formula is C22H18N2O4S. The predicted molar refractivity (Wildman–Crippen MR) is 114 cm³/mol. The highest BCUT2D eigenvalue weighted by atomic mass is 32.1. The molecule has 0 saturated carbocycles. The number of methoxy groups -OCH3 is 1. The number of para-hydroxylation sites is 1. The van der Waals surface area contributed by atoms with Crippen LogP contribution in [0.25, 0.3) is 0 Å². The van der Waals surface area contributed by atoms with Gasteiger partial charge >= 0.3 is 5.97 Å². The summed E-state index contributed by atoms with van der Waals surface area (Å²) in [6.45, 7) is 0. The first-order chi connectivity index (χ1) is 14.0. The number of benzene rings is 3. The minimum absolute atomic E-state index is 0.134. The van der Waals surface area contributed by atoms with Gasteiger partial charge in [0.25, 0.3) is 5.91 Å². The second kappa shape index (κ2) is 9.48. The van der Waals surface area contributed by atoms with E-state index in [1.807, 2.05) is 30.3 Å². The zero-order chi connectivity index (χ0) is 20.6. The van der Waals surface area contributed by atoms with Crippen LogP contribution in [0.3, 0.4) is 0 Å². The molecule has 3 aromatic carbocycles. The Morgan fingerprint density at radius 3 is 2.17 bits per heavy atom. The third-order valence-corrected chi connectivity index (χ3v) is 4.07. The zero-order valence-electron chi connectivity index (χ0n) is 15.5. The fourth-order valence-corrected chi connectivity index (χ4v) is 2.68. The number of hydrogen-bond donors (Lipinski definition) is 2. The summed E-state index contributed by atoms with van der Waals surface area (Å²) in [5.74, 6) is 0.469. The van der Waals surface area contributed by atoms with Crippen molar-refractivity contribution in [2.75, 3.05) is 12.4 Å². The van der Waals surface area contributed by atoms with E-state index in [0.29, 0.717) is 17.0 Å². The Bertz CT molecular complexity index is 1020. The minimum Gasteiger partial charge on any atom is -0.465 e. The van der Waals surface area contributed by atoms with Gasteiger partial charge in [0.15, 0.2) is 5.11 Å². The topological polar surface area (TPSA) is 76.7 Å². The summed E-state index contributed by atoms with van der Waals surface area (Å²) in [5, 5.41) is 5.65. The van der Waals surface area contributed by atoms with Crippen molar-refractivity contribution in [3.63, 3.8) is 0 Å². The zero-order valence-corrected chi connectivity index (χ0v) is 16.4. The first-order valence-corrected chi connectivity index (χ1v) is 9.09. The molecular weight excluding hydrogens is 388 g/mol. The van der Waals surface area contributed by atoms with Crippen LogP contribution in [0.2, 0.25) is 0 Å². The van der Waals surface area contributed by atoms with Crippen molar-refractivity contribution in [3.05, 3.63) is 90.0 Å². The number of carbonyl (C=O) groups excluding carboxylic acids is 2. The van der Waals surface area contributed by atoms with Gasteiger partial charge in [-0.3, -0.25) is 10.1 Å². The lowest BCUT2D eigenvalue weighted by atomic mass is 10.1. The van der Waals surface area contributed by atoms with Gasteiger partial charge in [-0.05, 0) is 66.8 Å². The van der Waals surface area contributed by atoms with Crippen LogP contribution in [0, 0.1) is 0 Å². The molecule has 0 aliphatic heterocycles. The van der Waals surface area contributed by atoms with E-state index in [1.54, 1.807) is 42.5 Å². The number of rotatable bonds is 5. The van der Waals surface area contributed by atoms with E-state index in [0.717, 1.165) is 5.75 Å². The number of esters is 1. The molecule has 0 atom stereocenters. The van der Waals surface area contributed by atoms with E-state index >= 15 is 0 Å². The molecule has 1 amide bonds. The van der Waals surface area contributed by atoms with Crippen LogP contribution in [-0.4, -0.2) is 24.1 Å². The average molecular weight is 406 g/mol. The Kier molecular flexibility index (Phi) is 6.55. The number of ether oxygens (including phenoxy) is 2. The molecule has 7 heteroatoms. The van der Waals surface area contributed by atoms with E-state index < -0.39 is 11.9 Å². The monoisotopic (exact) mass is 406 g/mol. The number of carbonyl (C=O) groups is 2. The van der Waals surface area contributed by atoms with Crippen molar-refractivity contribution in [2.45, 2.75) is 0 Å². The summed E-state index contributed by atoms with van der Waals surface area (Å²) in [5.41, 5.74) is 1.27. The molecule has 0 aliphatic rings. The molecule has 0 spiro atoms. The smallest absolute Gasteiger partial charge is 0.337 e. The lowest BCUT2D eigenvalue weighted by Gasteiger charge is -2.11. The Hall–Kier alpha value is -3.71. The Balaban J connectivity index is 1.57. The number of thiocarbonyl (C=S) groups is 1. The standard InChI is InChI=1S/C22H18N2O4S/c1-27-21(26)16-7-5-6-15(14-16)20(25)24-22(29)23-17-10-12-19(13-11-17)28-18-8-3-2-4-9-18/h2-14H,1H3,(H2,23,24,25,29).